The van der Waals surface area contributed by atoms with Crippen LogP contribution in [0.25, 0.3) is 0 Å². The van der Waals surface area contributed by atoms with Crippen LogP contribution in [0.2, 0.25) is 5.02 Å². The molecule has 144 valence electrons. The quantitative estimate of drug-likeness (QED) is 0.726. The maximum Gasteiger partial charge on any atom is 0.252 e. The molecular weight excluding hydrogens is 385 g/mol. The minimum atomic E-state index is -0.777. The van der Waals surface area contributed by atoms with E-state index in [1.54, 1.807) is 48.3 Å². The van der Waals surface area contributed by atoms with Crippen molar-refractivity contribution in [2.45, 2.75) is 6.04 Å². The number of nitrogens with one attached hydrogen (secondary N) is 1. The first-order chi connectivity index (χ1) is 13.5. The molecule has 1 unspecified atom stereocenters. The van der Waals surface area contributed by atoms with Crippen LogP contribution >= 0.6 is 11.6 Å². The number of hydrogen-bond donors (Lipinski definition) is 1. The van der Waals surface area contributed by atoms with Crippen LogP contribution in [-0.4, -0.2) is 28.7 Å². The van der Waals surface area contributed by atoms with Crippen LogP contribution in [0.5, 0.6) is 11.5 Å². The van der Waals surface area contributed by atoms with Gasteiger partial charge in [-0.3, -0.25) is 4.79 Å². The van der Waals surface area contributed by atoms with Gasteiger partial charge in [0.2, 0.25) is 0 Å². The Hall–Kier alpha value is -3.06. The summed E-state index contributed by atoms with van der Waals surface area (Å²) in [7, 11) is 1.78. The van der Waals surface area contributed by atoms with Gasteiger partial charge in [-0.05, 0) is 18.2 Å². The van der Waals surface area contributed by atoms with E-state index in [1.165, 1.54) is 12.1 Å². The van der Waals surface area contributed by atoms with Crippen LogP contribution < -0.4 is 14.8 Å². The lowest BCUT2D eigenvalue weighted by Gasteiger charge is -2.22. The number of hydrogen-bond acceptors (Lipinski definition) is 4. The van der Waals surface area contributed by atoms with E-state index in [4.69, 9.17) is 21.1 Å². The van der Waals surface area contributed by atoms with Crippen LogP contribution in [-0.2, 0) is 7.05 Å². The molecule has 0 spiro atoms. The van der Waals surface area contributed by atoms with Crippen molar-refractivity contribution in [2.24, 2.45) is 7.05 Å². The van der Waals surface area contributed by atoms with Gasteiger partial charge in [-0.1, -0.05) is 29.8 Å². The monoisotopic (exact) mass is 401 g/mol. The molecule has 6 nitrogen and oxygen atoms in total. The van der Waals surface area contributed by atoms with Gasteiger partial charge in [-0.2, -0.15) is 0 Å². The van der Waals surface area contributed by atoms with Gasteiger partial charge in [-0.15, -0.1) is 0 Å². The standard InChI is InChI=1S/C20H17ClFN3O3/c1-25-7-6-23-19(25)17(13-4-2-3-5-15(13)22)24-20(26)12-10-14(21)18-16(11-12)27-8-9-28-18/h2-7,10-11,17H,8-9H2,1H3,(H,24,26). The molecule has 3 aromatic rings. The highest BCUT2D eigenvalue weighted by molar-refractivity contribution is 6.32. The zero-order chi connectivity index (χ0) is 19.7. The molecule has 0 bridgehead atoms. The van der Waals surface area contributed by atoms with E-state index in [0.29, 0.717) is 36.1 Å². The van der Waals surface area contributed by atoms with Crippen molar-refractivity contribution in [3.63, 3.8) is 0 Å². The summed E-state index contributed by atoms with van der Waals surface area (Å²) in [5.74, 6) is 0.454. The summed E-state index contributed by atoms with van der Waals surface area (Å²) >= 11 is 6.23. The molecule has 1 aromatic heterocycles. The van der Waals surface area contributed by atoms with Gasteiger partial charge in [-0.25, -0.2) is 9.37 Å². The number of halogens is 2. The molecule has 1 aliphatic heterocycles. The Morgan fingerprint density at radius 3 is 2.82 bits per heavy atom. The fourth-order valence-electron chi connectivity index (χ4n) is 3.10. The van der Waals surface area contributed by atoms with Gasteiger partial charge < -0.3 is 19.4 Å². The zero-order valence-corrected chi connectivity index (χ0v) is 15.7. The molecule has 0 fully saturated rings. The maximum atomic E-state index is 14.5. The molecule has 1 amide bonds. The SMILES string of the molecule is Cn1ccnc1C(NC(=O)c1cc(Cl)c2c(c1)OCCO2)c1ccccc1F. The zero-order valence-electron chi connectivity index (χ0n) is 15.0. The minimum absolute atomic E-state index is 0.279. The number of aryl methyl sites for hydroxylation is 1. The predicted molar refractivity (Wildman–Crippen MR) is 101 cm³/mol. The number of benzene rings is 2. The average Bonchev–Trinajstić information content (AvgIpc) is 3.12. The molecule has 8 heteroatoms. The first kappa shape index (κ1) is 18.3. The van der Waals surface area contributed by atoms with Crippen molar-refractivity contribution in [3.05, 3.63) is 76.6 Å². The Balaban J connectivity index is 1.70. The molecule has 2 aromatic carbocycles. The summed E-state index contributed by atoms with van der Waals surface area (Å²) in [6.07, 6.45) is 3.33. The van der Waals surface area contributed by atoms with E-state index in [9.17, 15) is 9.18 Å². The number of amides is 1. The van der Waals surface area contributed by atoms with Gasteiger partial charge in [0, 0.05) is 30.6 Å². The maximum absolute atomic E-state index is 14.5. The van der Waals surface area contributed by atoms with E-state index in [1.807, 2.05) is 0 Å². The molecule has 4 rings (SSSR count). The van der Waals surface area contributed by atoms with Crippen molar-refractivity contribution in [2.75, 3.05) is 13.2 Å². The number of nitrogens with zero attached hydrogens (tertiary/aromatic N) is 2. The normalized spacial score (nSPS) is 13.8. The number of rotatable bonds is 4. The van der Waals surface area contributed by atoms with Crippen LogP contribution in [0.3, 0.4) is 0 Å². The second-order valence-corrected chi connectivity index (χ2v) is 6.71. The Bertz CT molecular complexity index is 1040. The number of carbonyl (C=O) groups is 1. The van der Waals surface area contributed by atoms with Crippen molar-refractivity contribution in [1.82, 2.24) is 14.9 Å². The second kappa shape index (κ2) is 7.52. The van der Waals surface area contributed by atoms with Crippen molar-refractivity contribution in [1.29, 1.82) is 0 Å². The fourth-order valence-corrected chi connectivity index (χ4v) is 3.37. The van der Waals surface area contributed by atoms with E-state index in [-0.39, 0.29) is 10.6 Å². The Kier molecular flexibility index (Phi) is 4.92. The molecule has 0 aliphatic carbocycles. The van der Waals surface area contributed by atoms with Gasteiger partial charge >= 0.3 is 0 Å². The molecule has 0 saturated carbocycles. The van der Waals surface area contributed by atoms with Crippen molar-refractivity contribution in [3.8, 4) is 11.5 Å². The fraction of sp³-hybridized carbons (Fsp3) is 0.200. The summed E-state index contributed by atoms with van der Waals surface area (Å²) < 4.78 is 27.2. The topological polar surface area (TPSA) is 65.4 Å². The highest BCUT2D eigenvalue weighted by atomic mass is 35.5. The number of carbonyl (C=O) groups excluding carboxylic acids is 1. The smallest absolute Gasteiger partial charge is 0.252 e. The summed E-state index contributed by atoms with van der Waals surface area (Å²) in [5.41, 5.74) is 0.596. The van der Waals surface area contributed by atoms with E-state index >= 15 is 0 Å². The highest BCUT2D eigenvalue weighted by Gasteiger charge is 2.26. The summed E-state index contributed by atoms with van der Waals surface area (Å²) in [4.78, 5) is 17.2. The molecule has 0 radical (unpaired) electrons. The lowest BCUT2D eigenvalue weighted by Crippen LogP contribution is -2.32. The number of fused-ring (bicyclic) bond motifs is 1. The van der Waals surface area contributed by atoms with Crippen molar-refractivity contribution < 1.29 is 18.7 Å². The largest absolute Gasteiger partial charge is 0.486 e. The Morgan fingerprint density at radius 1 is 1.29 bits per heavy atom. The molecule has 1 aliphatic rings. The van der Waals surface area contributed by atoms with Gasteiger partial charge in [0.25, 0.3) is 5.91 Å². The van der Waals surface area contributed by atoms with Gasteiger partial charge in [0.1, 0.15) is 30.9 Å². The summed E-state index contributed by atoms with van der Waals surface area (Å²) in [5, 5.41) is 3.13. The third kappa shape index (κ3) is 3.41. The first-order valence-electron chi connectivity index (χ1n) is 8.66. The van der Waals surface area contributed by atoms with Crippen LogP contribution in [0.15, 0.2) is 48.8 Å². The number of ether oxygens (including phenoxy) is 2. The van der Waals surface area contributed by atoms with Crippen molar-refractivity contribution >= 4 is 17.5 Å². The first-order valence-corrected chi connectivity index (χ1v) is 9.04. The van der Waals surface area contributed by atoms with E-state index in [0.717, 1.165) is 0 Å². The lowest BCUT2D eigenvalue weighted by molar-refractivity contribution is 0.0939. The molecule has 1 N–H and O–H groups in total. The third-order valence-electron chi connectivity index (χ3n) is 4.47. The predicted octanol–water partition coefficient (Wildman–Crippen LogP) is 3.50. The second-order valence-electron chi connectivity index (χ2n) is 6.31. The Morgan fingerprint density at radius 2 is 2.07 bits per heavy atom. The van der Waals surface area contributed by atoms with Crippen LogP contribution in [0.4, 0.5) is 4.39 Å². The number of imidazole rings is 1. The van der Waals surface area contributed by atoms with E-state index in [2.05, 4.69) is 10.3 Å². The van der Waals surface area contributed by atoms with E-state index < -0.39 is 17.8 Å². The van der Waals surface area contributed by atoms with Crippen LogP contribution in [0.1, 0.15) is 27.8 Å². The summed E-state index contributed by atoms with van der Waals surface area (Å²) in [6.45, 7) is 0.770. The molecule has 2 heterocycles. The Labute approximate surface area is 165 Å². The minimum Gasteiger partial charge on any atom is -0.486 e. The average molecular weight is 402 g/mol. The molecular formula is C20H17ClFN3O3. The molecule has 1 atom stereocenters. The van der Waals surface area contributed by atoms with Gasteiger partial charge in [0.05, 0.1) is 5.02 Å². The third-order valence-corrected chi connectivity index (χ3v) is 4.75. The lowest BCUT2D eigenvalue weighted by atomic mass is 10.0. The van der Waals surface area contributed by atoms with Crippen LogP contribution in [0, 0.1) is 5.82 Å². The van der Waals surface area contributed by atoms with Gasteiger partial charge in [0.15, 0.2) is 11.5 Å². The number of aromatic nitrogens is 2. The molecule has 0 saturated heterocycles. The highest BCUT2D eigenvalue weighted by Crippen LogP contribution is 2.38. The summed E-state index contributed by atoms with van der Waals surface area (Å²) in [6, 6.07) is 8.55. The molecule has 28 heavy (non-hydrogen) atoms.